The zero-order chi connectivity index (χ0) is 36.2. The first-order chi connectivity index (χ1) is 26.7. The second-order valence-corrected chi connectivity index (χ2v) is 14.1. The molecule has 7 heteroatoms. The molecule has 1 aliphatic heterocycles. The maximum atomic E-state index is 9.85. The molecule has 0 bridgehead atoms. The lowest BCUT2D eigenvalue weighted by atomic mass is 9.82. The number of hydrogen-bond acceptors (Lipinski definition) is 6. The summed E-state index contributed by atoms with van der Waals surface area (Å²) in [5.41, 5.74) is 9.25. The molecule has 0 spiro atoms. The standard InChI is InChI=1S/C47H31N7/c48-28-30-12-9-14-32(26-30)45-50-46(33-15-10-13-31(27-33)29-49)52-47(51-45)38-20-11-25-43(53-39-21-5-1-16-34(39)35-17-2-6-22-40(35)53)44(38)54-41-23-7-3-18-36(41)37-19-4-8-24-42(37)54/h1-2,5,9-12,14-17,19-21,24-27,31,36,41H,3,7,13,18,23H2/t31?,36?,41-/m0/s1. The van der Waals surface area contributed by atoms with E-state index in [-0.39, 0.29) is 12.0 Å². The average molecular weight is 694 g/mol. The summed E-state index contributed by atoms with van der Waals surface area (Å²) in [6, 6.07) is 48.6. The van der Waals surface area contributed by atoms with Gasteiger partial charge in [-0.2, -0.15) is 10.5 Å². The Bertz CT molecular complexity index is 2720. The first kappa shape index (κ1) is 31.5. The summed E-state index contributed by atoms with van der Waals surface area (Å²) < 4.78 is 2.30. The van der Waals surface area contributed by atoms with Gasteiger partial charge in [0, 0.05) is 45.5 Å². The van der Waals surface area contributed by atoms with Gasteiger partial charge in [0.2, 0.25) is 0 Å². The molecule has 2 unspecified atom stereocenters. The fraction of sp³-hybridized carbons (Fsp3) is 0.170. The molecule has 3 heterocycles. The van der Waals surface area contributed by atoms with Crippen LogP contribution in [0, 0.1) is 52.8 Å². The largest absolute Gasteiger partial charge is 0.335 e. The molecular formula is C47H31N7. The Labute approximate surface area is 313 Å². The van der Waals surface area contributed by atoms with Crippen molar-refractivity contribution in [1.82, 2.24) is 19.5 Å². The third-order valence-electron chi connectivity index (χ3n) is 11.1. The van der Waals surface area contributed by atoms with Gasteiger partial charge < -0.3 is 4.90 Å². The van der Waals surface area contributed by atoms with Crippen molar-refractivity contribution in [3.63, 3.8) is 0 Å². The van der Waals surface area contributed by atoms with Gasteiger partial charge in [0.15, 0.2) is 17.5 Å². The number of fused-ring (bicyclic) bond motifs is 6. The number of nitriles is 2. The second-order valence-electron chi connectivity index (χ2n) is 14.1. The minimum atomic E-state index is -0.282. The first-order valence-corrected chi connectivity index (χ1v) is 18.4. The Morgan fingerprint density at radius 1 is 0.778 bits per heavy atom. The van der Waals surface area contributed by atoms with E-state index in [9.17, 15) is 10.5 Å². The molecule has 7 aromatic rings. The van der Waals surface area contributed by atoms with E-state index in [2.05, 4.69) is 107 Å². The normalized spacial score (nSPS) is 18.6. The van der Waals surface area contributed by atoms with Gasteiger partial charge >= 0.3 is 0 Å². The van der Waals surface area contributed by atoms with E-state index in [4.69, 9.17) is 15.0 Å². The minimum Gasteiger partial charge on any atom is -0.335 e. The second kappa shape index (κ2) is 12.8. The van der Waals surface area contributed by atoms with Crippen LogP contribution >= 0.6 is 0 Å². The van der Waals surface area contributed by atoms with Crippen LogP contribution < -0.4 is 4.90 Å². The summed E-state index contributed by atoms with van der Waals surface area (Å²) in [7, 11) is 0. The lowest BCUT2D eigenvalue weighted by molar-refractivity contribution is 0.402. The Kier molecular flexibility index (Phi) is 7.47. The van der Waals surface area contributed by atoms with Gasteiger partial charge in [0.05, 0.1) is 46.2 Å². The molecule has 1 fully saturated rings. The van der Waals surface area contributed by atoms with E-state index in [1.807, 2.05) is 42.5 Å². The van der Waals surface area contributed by atoms with E-state index < -0.39 is 0 Å². The molecule has 5 aromatic carbocycles. The Morgan fingerprint density at radius 2 is 1.63 bits per heavy atom. The predicted molar refractivity (Wildman–Crippen MR) is 210 cm³/mol. The maximum absolute atomic E-state index is 9.85. The molecule has 0 N–H and O–H groups in total. The van der Waals surface area contributed by atoms with Crippen molar-refractivity contribution in [1.29, 1.82) is 10.5 Å². The van der Waals surface area contributed by atoms with Gasteiger partial charge in [0.1, 0.15) is 5.52 Å². The molecular weight excluding hydrogens is 663 g/mol. The fourth-order valence-electron chi connectivity index (χ4n) is 8.73. The quantitative estimate of drug-likeness (QED) is 0.178. The molecule has 3 atom stereocenters. The highest BCUT2D eigenvalue weighted by Crippen LogP contribution is 2.54. The van der Waals surface area contributed by atoms with Crippen LogP contribution in [-0.2, 0) is 0 Å². The van der Waals surface area contributed by atoms with Crippen LogP contribution in [0.1, 0.15) is 55.0 Å². The van der Waals surface area contributed by atoms with Crippen LogP contribution in [0.3, 0.4) is 0 Å². The summed E-state index contributed by atoms with van der Waals surface area (Å²) in [6.45, 7) is 0. The van der Waals surface area contributed by atoms with Crippen molar-refractivity contribution in [2.45, 2.75) is 44.1 Å². The van der Waals surface area contributed by atoms with Crippen molar-refractivity contribution in [2.75, 3.05) is 4.90 Å². The minimum absolute atomic E-state index is 0.218. The lowest BCUT2D eigenvalue weighted by Crippen LogP contribution is -2.33. The first-order valence-electron chi connectivity index (χ1n) is 18.4. The lowest BCUT2D eigenvalue weighted by Gasteiger charge is -2.36. The molecule has 2 aromatic heterocycles. The van der Waals surface area contributed by atoms with Crippen LogP contribution in [0.25, 0.3) is 55.8 Å². The summed E-state index contributed by atoms with van der Waals surface area (Å²) in [5.74, 6) is 1.51. The smallest absolute Gasteiger partial charge is 0.166 e. The molecule has 254 valence electrons. The molecule has 54 heavy (non-hydrogen) atoms. The number of allylic oxidation sites excluding steroid dienone is 4. The Morgan fingerprint density at radius 3 is 2.56 bits per heavy atom. The average Bonchev–Trinajstić information content (AvgIpc) is 3.76. The van der Waals surface area contributed by atoms with E-state index in [0.29, 0.717) is 40.9 Å². The number of hydrogen-bond donors (Lipinski definition) is 0. The monoisotopic (exact) mass is 693 g/mol. The number of benzene rings is 3. The van der Waals surface area contributed by atoms with E-state index in [1.165, 1.54) is 12.0 Å². The SMILES string of the molecule is N#Cc1cccc(-c2nc(C3=CC(C#N)CC=C3)nc(-c3cccc(-n4c5c#cccc5c5ccccc54)c3N3c4cc#ccc4C4CCCC[C@@H]43)n2)c1. The predicted octanol–water partition coefficient (Wildman–Crippen LogP) is 10.0. The van der Waals surface area contributed by atoms with Gasteiger partial charge in [-0.1, -0.05) is 85.7 Å². The molecule has 3 aliphatic rings. The topological polar surface area (TPSA) is 94.4 Å². The van der Waals surface area contributed by atoms with Crippen molar-refractivity contribution in [3.8, 4) is 40.6 Å². The highest BCUT2D eigenvalue weighted by molar-refractivity contribution is 6.09. The van der Waals surface area contributed by atoms with E-state index in [0.717, 1.165) is 69.3 Å². The third-order valence-corrected chi connectivity index (χ3v) is 11.1. The highest BCUT2D eigenvalue weighted by atomic mass is 15.2. The number of aromatic nitrogens is 4. The summed E-state index contributed by atoms with van der Waals surface area (Å²) in [4.78, 5) is 17.9. The van der Waals surface area contributed by atoms with Crippen LogP contribution in [0.5, 0.6) is 0 Å². The summed E-state index contributed by atoms with van der Waals surface area (Å²) in [6.07, 6.45) is 11.0. The van der Waals surface area contributed by atoms with Crippen LogP contribution in [0.4, 0.5) is 11.4 Å². The molecule has 0 amide bonds. The van der Waals surface area contributed by atoms with Gasteiger partial charge in [-0.05, 0) is 79.4 Å². The number of rotatable bonds is 5. The third kappa shape index (κ3) is 5.03. The molecule has 2 aliphatic carbocycles. The van der Waals surface area contributed by atoms with Gasteiger partial charge in [-0.15, -0.1) is 0 Å². The summed E-state index contributed by atoms with van der Waals surface area (Å²) in [5, 5.41) is 21.9. The molecule has 0 saturated heterocycles. The summed E-state index contributed by atoms with van der Waals surface area (Å²) >= 11 is 0. The van der Waals surface area contributed by atoms with Crippen LogP contribution in [0.2, 0.25) is 0 Å². The zero-order valence-electron chi connectivity index (χ0n) is 29.3. The van der Waals surface area contributed by atoms with Crippen LogP contribution in [-0.4, -0.2) is 25.6 Å². The van der Waals surface area contributed by atoms with Gasteiger partial charge in [-0.25, -0.2) is 15.0 Å². The molecule has 7 nitrogen and oxygen atoms in total. The molecule has 10 rings (SSSR count). The Balaban J connectivity index is 1.30. The van der Waals surface area contributed by atoms with Crippen LogP contribution in [0.15, 0.2) is 109 Å². The van der Waals surface area contributed by atoms with Crippen molar-refractivity contribution in [3.05, 3.63) is 150 Å². The van der Waals surface area contributed by atoms with Gasteiger partial charge in [0.25, 0.3) is 0 Å². The van der Waals surface area contributed by atoms with Gasteiger partial charge in [-0.3, -0.25) is 4.57 Å². The number of anilines is 2. The van der Waals surface area contributed by atoms with Crippen molar-refractivity contribution < 1.29 is 0 Å². The van der Waals surface area contributed by atoms with Crippen molar-refractivity contribution >= 4 is 38.8 Å². The number of nitrogens with zero attached hydrogens (tertiary/aromatic N) is 7. The Hall–Kier alpha value is -7.19. The molecule has 0 radical (unpaired) electrons. The fourth-order valence-corrected chi connectivity index (χ4v) is 8.73. The van der Waals surface area contributed by atoms with Crippen molar-refractivity contribution in [2.24, 2.45) is 5.92 Å². The number of para-hydroxylation sites is 2. The zero-order valence-corrected chi connectivity index (χ0v) is 29.3. The van der Waals surface area contributed by atoms with E-state index in [1.54, 1.807) is 6.07 Å². The van der Waals surface area contributed by atoms with E-state index >= 15 is 0 Å². The molecule has 1 saturated carbocycles. The highest BCUT2D eigenvalue weighted by Gasteiger charge is 2.42. The maximum Gasteiger partial charge on any atom is 0.166 e.